The number of hydrogen-bond donors (Lipinski definition) is 4. The number of carboxylic acid groups (broad SMARTS) is 1. The average molecular weight is 431 g/mol. The quantitative estimate of drug-likeness (QED) is 0.369. The Bertz CT molecular complexity index is 837. The molecule has 168 valence electrons. The lowest BCUT2D eigenvalue weighted by molar-refractivity contribution is -0.123. The molecule has 2 amide bonds. The Balaban J connectivity index is 0.00000107. The van der Waals surface area contributed by atoms with Gasteiger partial charge in [-0.05, 0) is 49.2 Å². The maximum Gasteiger partial charge on any atom is 0.290 e. The van der Waals surface area contributed by atoms with Crippen LogP contribution in [-0.4, -0.2) is 71.8 Å². The van der Waals surface area contributed by atoms with Gasteiger partial charge in [0.15, 0.2) is 5.82 Å². The molecular formula is C21H29N5O5. The van der Waals surface area contributed by atoms with Gasteiger partial charge in [-0.15, -0.1) is 0 Å². The van der Waals surface area contributed by atoms with E-state index in [-0.39, 0.29) is 18.3 Å². The molecule has 10 nitrogen and oxygen atoms in total. The third kappa shape index (κ3) is 8.47. The van der Waals surface area contributed by atoms with Gasteiger partial charge in [0, 0.05) is 38.5 Å². The third-order valence-electron chi connectivity index (χ3n) is 4.78. The van der Waals surface area contributed by atoms with Crippen molar-refractivity contribution in [3.8, 4) is 17.0 Å². The Hall–Kier alpha value is -3.40. The minimum absolute atomic E-state index is 0.0412. The Morgan fingerprint density at radius 1 is 1.29 bits per heavy atom. The number of aromatic nitrogens is 2. The molecule has 1 aromatic heterocycles. The van der Waals surface area contributed by atoms with Gasteiger partial charge in [-0.25, -0.2) is 0 Å². The van der Waals surface area contributed by atoms with Crippen molar-refractivity contribution in [2.24, 2.45) is 0 Å². The highest BCUT2D eigenvalue weighted by Crippen LogP contribution is 2.22. The van der Waals surface area contributed by atoms with Crippen LogP contribution >= 0.6 is 0 Å². The number of rotatable bonds is 8. The molecule has 31 heavy (non-hydrogen) atoms. The number of carbonyl (C=O) groups is 3. The Kier molecular flexibility index (Phi) is 10.0. The van der Waals surface area contributed by atoms with Crippen molar-refractivity contribution >= 4 is 24.1 Å². The van der Waals surface area contributed by atoms with E-state index in [4.69, 9.17) is 14.6 Å². The molecule has 0 bridgehead atoms. The van der Waals surface area contributed by atoms with Crippen molar-refractivity contribution in [3.05, 3.63) is 30.3 Å². The topological polar surface area (TPSA) is 137 Å². The van der Waals surface area contributed by atoms with Crippen LogP contribution in [0.3, 0.4) is 0 Å². The molecule has 10 heteroatoms. The summed E-state index contributed by atoms with van der Waals surface area (Å²) in [5, 5.41) is 19.7. The zero-order valence-corrected chi connectivity index (χ0v) is 17.6. The highest BCUT2D eigenvalue weighted by Gasteiger charge is 2.13. The molecule has 1 aromatic carbocycles. The number of unbranched alkanes of at least 4 members (excludes halogenated alkanes) is 1. The summed E-state index contributed by atoms with van der Waals surface area (Å²) in [6.07, 6.45) is 2.74. The van der Waals surface area contributed by atoms with Crippen molar-refractivity contribution < 1.29 is 24.2 Å². The van der Waals surface area contributed by atoms with Crippen LogP contribution in [0.15, 0.2) is 30.3 Å². The second kappa shape index (κ2) is 13.0. The SMILES string of the molecule is COc1ccc(-c2cc(NC(=O)CCCCN3CCNC(=O)CC3)n[nH]2)cc1.O=CO. The predicted molar refractivity (Wildman–Crippen MR) is 116 cm³/mol. The zero-order valence-electron chi connectivity index (χ0n) is 17.6. The number of benzene rings is 1. The largest absolute Gasteiger partial charge is 0.497 e. The molecule has 3 rings (SSSR count). The number of aromatic amines is 1. The molecule has 1 fully saturated rings. The Labute approximate surface area is 181 Å². The van der Waals surface area contributed by atoms with Crippen LogP contribution in [-0.2, 0) is 14.4 Å². The first-order valence-electron chi connectivity index (χ1n) is 10.1. The molecule has 4 N–H and O–H groups in total. The van der Waals surface area contributed by atoms with E-state index in [1.165, 1.54) is 0 Å². The van der Waals surface area contributed by atoms with E-state index in [1.807, 2.05) is 30.3 Å². The summed E-state index contributed by atoms with van der Waals surface area (Å²) in [5.41, 5.74) is 1.81. The van der Waals surface area contributed by atoms with Gasteiger partial charge in [0.25, 0.3) is 6.47 Å². The van der Waals surface area contributed by atoms with Crippen LogP contribution < -0.4 is 15.4 Å². The second-order valence-electron chi connectivity index (χ2n) is 6.95. The molecule has 1 aliphatic heterocycles. The molecule has 0 saturated carbocycles. The van der Waals surface area contributed by atoms with E-state index in [0.29, 0.717) is 25.2 Å². The van der Waals surface area contributed by atoms with Crippen LogP contribution in [0.1, 0.15) is 25.7 Å². The molecule has 2 heterocycles. The monoisotopic (exact) mass is 431 g/mol. The number of hydrogen-bond acceptors (Lipinski definition) is 6. The lowest BCUT2D eigenvalue weighted by Crippen LogP contribution is -2.29. The number of nitrogens with zero attached hydrogens (tertiary/aromatic N) is 2. The maximum absolute atomic E-state index is 12.1. The normalized spacial score (nSPS) is 13.9. The molecular weight excluding hydrogens is 402 g/mol. The van der Waals surface area contributed by atoms with E-state index in [9.17, 15) is 9.59 Å². The summed E-state index contributed by atoms with van der Waals surface area (Å²) in [6.45, 7) is 3.03. The van der Waals surface area contributed by atoms with Gasteiger partial charge >= 0.3 is 0 Å². The number of carbonyl (C=O) groups excluding carboxylic acids is 2. The van der Waals surface area contributed by atoms with Crippen molar-refractivity contribution in [3.63, 3.8) is 0 Å². The van der Waals surface area contributed by atoms with Crippen molar-refractivity contribution in [2.45, 2.75) is 25.7 Å². The van der Waals surface area contributed by atoms with Gasteiger partial charge in [0.2, 0.25) is 11.8 Å². The molecule has 1 aliphatic rings. The smallest absolute Gasteiger partial charge is 0.290 e. The highest BCUT2D eigenvalue weighted by molar-refractivity contribution is 5.90. The maximum atomic E-state index is 12.1. The lowest BCUT2D eigenvalue weighted by Gasteiger charge is -2.18. The standard InChI is InChI=1S/C20H27N5O3.CH2O2/c1-28-16-7-5-15(6-8-16)17-14-18(24-23-17)22-20(27)4-2-3-11-25-12-9-19(26)21-10-13-25;2-1-3/h5-8,14H,2-4,9-13H2,1H3,(H,21,26)(H2,22,23,24,27);1H,(H,2,3). The molecule has 0 spiro atoms. The minimum atomic E-state index is -0.250. The van der Waals surface area contributed by atoms with Crippen LogP contribution in [0.5, 0.6) is 5.75 Å². The molecule has 2 aromatic rings. The Morgan fingerprint density at radius 2 is 2.03 bits per heavy atom. The summed E-state index contributed by atoms with van der Waals surface area (Å²) in [7, 11) is 1.63. The van der Waals surface area contributed by atoms with Crippen LogP contribution in [0.2, 0.25) is 0 Å². The van der Waals surface area contributed by atoms with Gasteiger partial charge in [-0.3, -0.25) is 19.5 Å². The fourth-order valence-electron chi connectivity index (χ4n) is 3.17. The number of anilines is 1. The summed E-state index contributed by atoms with van der Waals surface area (Å²) in [4.78, 5) is 34.1. The number of ether oxygens (including phenoxy) is 1. The lowest BCUT2D eigenvalue weighted by atomic mass is 10.1. The average Bonchev–Trinajstić information content (AvgIpc) is 3.13. The fourth-order valence-corrected chi connectivity index (χ4v) is 3.17. The summed E-state index contributed by atoms with van der Waals surface area (Å²) < 4.78 is 5.16. The van der Waals surface area contributed by atoms with Gasteiger partial charge in [0.1, 0.15) is 5.75 Å². The summed E-state index contributed by atoms with van der Waals surface area (Å²) >= 11 is 0. The van der Waals surface area contributed by atoms with E-state index in [0.717, 1.165) is 49.5 Å². The molecule has 0 atom stereocenters. The van der Waals surface area contributed by atoms with Crippen LogP contribution in [0.4, 0.5) is 5.82 Å². The van der Waals surface area contributed by atoms with Crippen molar-refractivity contribution in [1.82, 2.24) is 20.4 Å². The number of H-pyrrole nitrogens is 1. The predicted octanol–water partition coefficient (Wildman–Crippen LogP) is 1.72. The summed E-state index contributed by atoms with van der Waals surface area (Å²) in [6, 6.07) is 9.45. The highest BCUT2D eigenvalue weighted by atomic mass is 16.5. The number of nitrogens with one attached hydrogen (secondary N) is 3. The minimum Gasteiger partial charge on any atom is -0.497 e. The van der Waals surface area contributed by atoms with E-state index in [1.54, 1.807) is 7.11 Å². The second-order valence-corrected chi connectivity index (χ2v) is 6.95. The number of methoxy groups -OCH3 is 1. The van der Waals surface area contributed by atoms with Crippen LogP contribution in [0.25, 0.3) is 11.3 Å². The first-order chi connectivity index (χ1) is 15.0. The van der Waals surface area contributed by atoms with E-state index in [2.05, 4.69) is 25.7 Å². The van der Waals surface area contributed by atoms with Gasteiger partial charge < -0.3 is 25.4 Å². The first-order valence-corrected chi connectivity index (χ1v) is 10.1. The zero-order chi connectivity index (χ0) is 22.5. The Morgan fingerprint density at radius 3 is 2.74 bits per heavy atom. The molecule has 0 unspecified atom stereocenters. The third-order valence-corrected chi connectivity index (χ3v) is 4.78. The fraction of sp³-hybridized carbons (Fsp3) is 0.429. The first kappa shape index (κ1) is 23.9. The molecule has 1 saturated heterocycles. The van der Waals surface area contributed by atoms with Gasteiger partial charge in [-0.2, -0.15) is 5.10 Å². The van der Waals surface area contributed by atoms with Gasteiger partial charge in [-0.1, -0.05) is 0 Å². The van der Waals surface area contributed by atoms with Crippen molar-refractivity contribution in [2.75, 3.05) is 38.6 Å². The van der Waals surface area contributed by atoms with Gasteiger partial charge in [0.05, 0.1) is 12.8 Å². The number of amides is 2. The van der Waals surface area contributed by atoms with Crippen molar-refractivity contribution in [1.29, 1.82) is 0 Å². The summed E-state index contributed by atoms with van der Waals surface area (Å²) in [5.74, 6) is 1.39. The molecule has 0 radical (unpaired) electrons. The van der Waals surface area contributed by atoms with E-state index >= 15 is 0 Å². The molecule has 0 aliphatic carbocycles. The van der Waals surface area contributed by atoms with E-state index < -0.39 is 0 Å². The van der Waals surface area contributed by atoms with Crippen LogP contribution in [0, 0.1) is 0 Å².